The quantitative estimate of drug-likeness (QED) is 0.130. The van der Waals surface area contributed by atoms with Crippen molar-refractivity contribution in [1.29, 1.82) is 0 Å². The Morgan fingerprint density at radius 2 is 2.24 bits per heavy atom. The van der Waals surface area contributed by atoms with Gasteiger partial charge in [-0.1, -0.05) is 34.3 Å². The summed E-state index contributed by atoms with van der Waals surface area (Å²) in [6.45, 7) is 1.84. The summed E-state index contributed by atoms with van der Waals surface area (Å²) in [7, 11) is 0. The van der Waals surface area contributed by atoms with Gasteiger partial charge in [-0.3, -0.25) is 14.5 Å². The van der Waals surface area contributed by atoms with Crippen LogP contribution in [0.5, 0.6) is 0 Å². The summed E-state index contributed by atoms with van der Waals surface area (Å²) >= 11 is 5.34. The molecular weight excluding hydrogens is 559 g/mol. The molecule has 37 heavy (non-hydrogen) atoms. The standard InChI is InChI=1S/C21H21N7O5S4/c1-9-25-26-21(37-9)36-7-10-6-34-18-14(17(30)28(18)15(10)19(31)32)24-16(29)13(12-8-35-20(22)23-12)27-33-11-4-2-3-5-11/h2,4,8,11,14,18H,3,5-7H2,1H3,(H2,22,23)(H,24,29)(H,31,32)/t11?,14?,18-/m0/s1. The van der Waals surface area contributed by atoms with Crippen molar-refractivity contribution in [3.8, 4) is 0 Å². The van der Waals surface area contributed by atoms with Gasteiger partial charge in [0.25, 0.3) is 11.8 Å². The van der Waals surface area contributed by atoms with Crippen molar-refractivity contribution in [2.75, 3.05) is 17.2 Å². The molecule has 0 radical (unpaired) electrons. The summed E-state index contributed by atoms with van der Waals surface area (Å²) in [4.78, 5) is 49.2. The third kappa shape index (κ3) is 5.37. The van der Waals surface area contributed by atoms with Gasteiger partial charge in [0.15, 0.2) is 15.2 Å². The van der Waals surface area contributed by atoms with Gasteiger partial charge in [-0.25, -0.2) is 9.78 Å². The summed E-state index contributed by atoms with van der Waals surface area (Å²) < 4.78 is 0.728. The fraction of sp³-hybridized carbons (Fsp3) is 0.381. The number of nitrogen functional groups attached to an aromatic ring is 1. The van der Waals surface area contributed by atoms with Gasteiger partial charge in [0, 0.05) is 16.9 Å². The van der Waals surface area contributed by atoms with E-state index in [0.717, 1.165) is 33.5 Å². The Balaban J connectivity index is 1.30. The summed E-state index contributed by atoms with van der Waals surface area (Å²) in [6, 6.07) is -0.917. The van der Waals surface area contributed by atoms with E-state index in [1.807, 2.05) is 19.1 Å². The normalized spacial score (nSPS) is 23.2. The lowest BCUT2D eigenvalue weighted by atomic mass is 10.0. The summed E-state index contributed by atoms with van der Waals surface area (Å²) in [6.07, 6.45) is 5.18. The van der Waals surface area contributed by atoms with E-state index in [4.69, 9.17) is 10.6 Å². The molecule has 3 atom stereocenters. The molecule has 4 heterocycles. The van der Waals surface area contributed by atoms with Crippen molar-refractivity contribution < 1.29 is 24.3 Å². The van der Waals surface area contributed by atoms with E-state index in [0.29, 0.717) is 17.1 Å². The first-order valence-electron chi connectivity index (χ1n) is 11.1. The second-order valence-corrected chi connectivity index (χ2v) is 12.6. The average molecular weight is 580 g/mol. The number of nitrogens with zero attached hydrogens (tertiary/aromatic N) is 5. The smallest absolute Gasteiger partial charge is 0.352 e. The molecule has 4 N–H and O–H groups in total. The Labute approximate surface area is 227 Å². The number of nitrogens with one attached hydrogen (secondary N) is 1. The van der Waals surface area contributed by atoms with Crippen molar-refractivity contribution in [3.63, 3.8) is 0 Å². The minimum Gasteiger partial charge on any atom is -0.477 e. The van der Waals surface area contributed by atoms with Gasteiger partial charge in [0.1, 0.15) is 33.9 Å². The number of β-lactam (4-membered cyclic amide) rings is 1. The zero-order valence-electron chi connectivity index (χ0n) is 19.3. The van der Waals surface area contributed by atoms with Gasteiger partial charge < -0.3 is 21.0 Å². The molecule has 5 rings (SSSR count). The highest BCUT2D eigenvalue weighted by Gasteiger charge is 2.54. The maximum absolute atomic E-state index is 13.2. The molecule has 0 bridgehead atoms. The van der Waals surface area contributed by atoms with E-state index in [2.05, 4.69) is 25.7 Å². The van der Waals surface area contributed by atoms with Crippen LogP contribution in [0.25, 0.3) is 0 Å². The van der Waals surface area contributed by atoms with Crippen LogP contribution in [0.3, 0.4) is 0 Å². The van der Waals surface area contributed by atoms with Gasteiger partial charge in [0.2, 0.25) is 0 Å². The van der Waals surface area contributed by atoms with Gasteiger partial charge in [-0.15, -0.1) is 33.3 Å². The third-order valence-corrected chi connectivity index (χ3v) is 9.71. The average Bonchev–Trinajstić information content (AvgIpc) is 3.64. The number of aromatic nitrogens is 3. The number of aliphatic carboxylic acids is 1. The number of carbonyl (C=O) groups excluding carboxylic acids is 2. The number of thiazole rings is 1. The molecular formula is C21H21N7O5S4. The fourth-order valence-corrected chi connectivity index (χ4v) is 7.75. The number of hydrogen-bond donors (Lipinski definition) is 3. The van der Waals surface area contributed by atoms with Crippen molar-refractivity contribution in [3.05, 3.63) is 39.5 Å². The highest BCUT2D eigenvalue weighted by molar-refractivity contribution is 8.01. The number of carboxylic acid groups (broad SMARTS) is 1. The predicted octanol–water partition coefficient (Wildman–Crippen LogP) is 1.86. The number of thioether (sulfide) groups is 2. The second-order valence-electron chi connectivity index (χ2n) is 8.15. The summed E-state index contributed by atoms with van der Waals surface area (Å²) in [5.74, 6) is -1.58. The molecule has 0 spiro atoms. The van der Waals surface area contributed by atoms with Crippen molar-refractivity contribution in [2.45, 2.75) is 41.6 Å². The van der Waals surface area contributed by atoms with Gasteiger partial charge >= 0.3 is 5.97 Å². The van der Waals surface area contributed by atoms with E-state index in [1.54, 1.807) is 5.38 Å². The molecule has 1 saturated heterocycles. The summed E-state index contributed by atoms with van der Waals surface area (Å²) in [5.41, 5.74) is 6.44. The van der Waals surface area contributed by atoms with E-state index in [-0.39, 0.29) is 28.3 Å². The highest BCUT2D eigenvalue weighted by Crippen LogP contribution is 2.41. The Kier molecular flexibility index (Phi) is 7.50. The topological polar surface area (TPSA) is 173 Å². The van der Waals surface area contributed by atoms with Gasteiger partial charge in [0.05, 0.1) is 0 Å². The van der Waals surface area contributed by atoms with Crippen LogP contribution < -0.4 is 11.1 Å². The number of rotatable bonds is 9. The maximum Gasteiger partial charge on any atom is 0.352 e. The number of aryl methyl sites for hydroxylation is 1. The zero-order chi connectivity index (χ0) is 26.1. The third-order valence-electron chi connectivity index (χ3n) is 5.64. The van der Waals surface area contributed by atoms with E-state index < -0.39 is 29.2 Å². The van der Waals surface area contributed by atoms with E-state index in [1.165, 1.54) is 39.8 Å². The number of carbonyl (C=O) groups is 3. The van der Waals surface area contributed by atoms with Crippen LogP contribution in [0.4, 0.5) is 5.13 Å². The lowest BCUT2D eigenvalue weighted by Crippen LogP contribution is -2.71. The first-order chi connectivity index (χ1) is 17.8. The van der Waals surface area contributed by atoms with Crippen LogP contribution in [-0.2, 0) is 19.2 Å². The number of nitrogens with two attached hydrogens (primary N) is 1. The molecule has 2 aliphatic heterocycles. The molecule has 2 amide bonds. The number of anilines is 1. The lowest BCUT2D eigenvalue weighted by Gasteiger charge is -2.49. The molecule has 2 unspecified atom stereocenters. The number of oxime groups is 1. The number of amides is 2. The van der Waals surface area contributed by atoms with Crippen LogP contribution in [0, 0.1) is 6.92 Å². The molecule has 3 aliphatic rings. The van der Waals surface area contributed by atoms with Crippen LogP contribution >= 0.6 is 46.2 Å². The lowest BCUT2D eigenvalue weighted by molar-refractivity contribution is -0.150. The van der Waals surface area contributed by atoms with E-state index >= 15 is 0 Å². The maximum atomic E-state index is 13.2. The van der Waals surface area contributed by atoms with Gasteiger partial charge in [-0.05, 0) is 31.4 Å². The van der Waals surface area contributed by atoms with Gasteiger partial charge in [-0.2, -0.15) is 0 Å². The molecule has 0 saturated carbocycles. The number of carboxylic acids is 1. The van der Waals surface area contributed by atoms with E-state index in [9.17, 15) is 19.5 Å². The Bertz CT molecular complexity index is 1340. The molecule has 12 nitrogen and oxygen atoms in total. The second kappa shape index (κ2) is 10.8. The highest BCUT2D eigenvalue weighted by atomic mass is 32.2. The molecule has 1 aliphatic carbocycles. The van der Waals surface area contributed by atoms with Crippen molar-refractivity contribution >= 4 is 74.8 Å². The minimum absolute atomic E-state index is 0.0505. The van der Waals surface area contributed by atoms with Crippen LogP contribution in [0.1, 0.15) is 23.5 Å². The molecule has 1 fully saturated rings. The molecule has 0 aromatic carbocycles. The number of allylic oxidation sites excluding steroid dienone is 1. The number of hydrogen-bond acceptors (Lipinski definition) is 13. The Morgan fingerprint density at radius 1 is 1.41 bits per heavy atom. The largest absolute Gasteiger partial charge is 0.477 e. The first kappa shape index (κ1) is 25.7. The monoisotopic (exact) mass is 579 g/mol. The van der Waals surface area contributed by atoms with Crippen LogP contribution in [0.2, 0.25) is 0 Å². The molecule has 2 aromatic rings. The minimum atomic E-state index is -1.19. The van der Waals surface area contributed by atoms with Crippen molar-refractivity contribution in [2.24, 2.45) is 5.16 Å². The van der Waals surface area contributed by atoms with Crippen LogP contribution in [-0.4, -0.2) is 77.7 Å². The SMILES string of the molecule is Cc1nnc(SCC2=C(C(=O)O)N3C(=O)C(NC(=O)C(=NOC4C=CCC4)c4csc(N)n4)[C@@H]3SC2)s1. The number of fused-ring (bicyclic) bond motifs is 1. The fourth-order valence-electron chi connectivity index (χ4n) is 3.90. The molecule has 194 valence electrons. The first-order valence-corrected chi connectivity index (χ1v) is 14.8. The molecule has 2 aromatic heterocycles. The Morgan fingerprint density at radius 3 is 2.89 bits per heavy atom. The Hall–Kier alpha value is -2.95. The van der Waals surface area contributed by atoms with Crippen LogP contribution in [0.15, 0.2) is 38.3 Å². The zero-order valence-corrected chi connectivity index (χ0v) is 22.6. The summed E-state index contributed by atoms with van der Waals surface area (Å²) in [5, 5.41) is 26.7. The predicted molar refractivity (Wildman–Crippen MR) is 141 cm³/mol. The van der Waals surface area contributed by atoms with Crippen molar-refractivity contribution in [1.82, 2.24) is 25.4 Å². The molecule has 16 heteroatoms.